The summed E-state index contributed by atoms with van der Waals surface area (Å²) in [5.74, 6) is 0.783. The van der Waals surface area contributed by atoms with Gasteiger partial charge in [-0.05, 0) is 18.2 Å². The molecule has 0 N–H and O–H groups in total. The summed E-state index contributed by atoms with van der Waals surface area (Å²) >= 11 is 0. The van der Waals surface area contributed by atoms with Crippen molar-refractivity contribution < 1.29 is 14.3 Å². The number of rotatable bonds is 4. The Morgan fingerprint density at radius 3 is 2.45 bits per heavy atom. The Bertz CT molecular complexity index is 537. The van der Waals surface area contributed by atoms with Crippen molar-refractivity contribution in [1.29, 1.82) is 0 Å². The lowest BCUT2D eigenvalue weighted by Gasteiger charge is -2.34. The van der Waals surface area contributed by atoms with Crippen LogP contribution in [0.25, 0.3) is 0 Å². The molecule has 22 heavy (non-hydrogen) atoms. The molecule has 1 heterocycles. The molecular weight excluding hydrogens is 282 g/mol. The molecule has 2 rings (SSSR count). The fraction of sp³-hybridized carbons (Fsp3) is 0.500. The summed E-state index contributed by atoms with van der Waals surface area (Å²) < 4.78 is 5.15. The Hall–Kier alpha value is -2.08. The fourth-order valence-corrected chi connectivity index (χ4v) is 2.38. The molecule has 1 fully saturated rings. The second-order valence-electron chi connectivity index (χ2n) is 5.59. The summed E-state index contributed by atoms with van der Waals surface area (Å²) in [5, 5.41) is 0. The Balaban J connectivity index is 1.90. The number of nitrogens with zero attached hydrogens (tertiary/aromatic N) is 3. The van der Waals surface area contributed by atoms with Crippen molar-refractivity contribution in [2.75, 3.05) is 53.9 Å². The second-order valence-corrected chi connectivity index (χ2v) is 5.59. The molecule has 0 radical (unpaired) electrons. The highest BCUT2D eigenvalue weighted by molar-refractivity contribution is 5.94. The van der Waals surface area contributed by atoms with E-state index < -0.39 is 0 Å². The van der Waals surface area contributed by atoms with E-state index in [9.17, 15) is 9.59 Å². The topological polar surface area (TPSA) is 53.1 Å². The molecule has 0 atom stereocenters. The van der Waals surface area contributed by atoms with Gasteiger partial charge in [0.25, 0.3) is 5.91 Å². The Morgan fingerprint density at radius 2 is 1.86 bits per heavy atom. The van der Waals surface area contributed by atoms with Gasteiger partial charge in [-0.15, -0.1) is 0 Å². The van der Waals surface area contributed by atoms with E-state index in [1.54, 1.807) is 38.2 Å². The minimum absolute atomic E-state index is 0.0116. The SMILES string of the molecule is COc1cccc(C(=O)N2CCN(CC(=O)N(C)C)CC2)c1. The number of amides is 2. The summed E-state index contributed by atoms with van der Waals surface area (Å²) in [4.78, 5) is 29.7. The van der Waals surface area contributed by atoms with Crippen LogP contribution in [0.4, 0.5) is 0 Å². The van der Waals surface area contributed by atoms with Gasteiger partial charge in [0.05, 0.1) is 13.7 Å². The summed E-state index contributed by atoms with van der Waals surface area (Å²) in [5.41, 5.74) is 0.636. The fourth-order valence-electron chi connectivity index (χ4n) is 2.38. The van der Waals surface area contributed by atoms with Crippen molar-refractivity contribution >= 4 is 11.8 Å². The normalized spacial score (nSPS) is 15.5. The zero-order valence-corrected chi connectivity index (χ0v) is 13.4. The average Bonchev–Trinajstić information content (AvgIpc) is 2.54. The number of hydrogen-bond donors (Lipinski definition) is 0. The number of piperazine rings is 1. The van der Waals surface area contributed by atoms with Gasteiger partial charge in [0.15, 0.2) is 0 Å². The molecule has 1 aliphatic heterocycles. The highest BCUT2D eigenvalue weighted by Crippen LogP contribution is 2.15. The Morgan fingerprint density at radius 1 is 1.18 bits per heavy atom. The third-order valence-electron chi connectivity index (χ3n) is 3.83. The molecule has 1 aromatic carbocycles. The van der Waals surface area contributed by atoms with Crippen LogP contribution in [0, 0.1) is 0 Å². The Kier molecular flexibility index (Phi) is 5.38. The maximum atomic E-state index is 12.5. The van der Waals surface area contributed by atoms with E-state index in [1.807, 2.05) is 17.0 Å². The van der Waals surface area contributed by atoms with Crippen molar-refractivity contribution in [2.24, 2.45) is 0 Å². The molecule has 0 unspecified atom stereocenters. The van der Waals surface area contributed by atoms with Crippen LogP contribution in [0.3, 0.4) is 0 Å². The molecule has 6 nitrogen and oxygen atoms in total. The van der Waals surface area contributed by atoms with Gasteiger partial charge in [-0.25, -0.2) is 0 Å². The van der Waals surface area contributed by atoms with Crippen LogP contribution in [-0.4, -0.2) is 80.4 Å². The number of methoxy groups -OCH3 is 1. The van der Waals surface area contributed by atoms with Gasteiger partial charge in [-0.2, -0.15) is 0 Å². The monoisotopic (exact) mass is 305 g/mol. The smallest absolute Gasteiger partial charge is 0.254 e. The van der Waals surface area contributed by atoms with Gasteiger partial charge in [0, 0.05) is 45.8 Å². The molecule has 0 saturated carbocycles. The predicted molar refractivity (Wildman–Crippen MR) is 84.0 cm³/mol. The lowest BCUT2D eigenvalue weighted by molar-refractivity contribution is -0.130. The lowest BCUT2D eigenvalue weighted by Crippen LogP contribution is -2.51. The van der Waals surface area contributed by atoms with Crippen LogP contribution in [0.15, 0.2) is 24.3 Å². The van der Waals surface area contributed by atoms with Crippen molar-refractivity contribution in [3.8, 4) is 5.75 Å². The first kappa shape index (κ1) is 16.3. The number of ether oxygens (including phenoxy) is 1. The zero-order chi connectivity index (χ0) is 16.1. The Labute approximate surface area is 131 Å². The minimum Gasteiger partial charge on any atom is -0.497 e. The van der Waals surface area contributed by atoms with Crippen LogP contribution in [0.1, 0.15) is 10.4 Å². The molecule has 0 aromatic heterocycles. The minimum atomic E-state index is 0.0116. The first-order valence-electron chi connectivity index (χ1n) is 7.37. The molecule has 0 bridgehead atoms. The van der Waals surface area contributed by atoms with Crippen molar-refractivity contribution in [1.82, 2.24) is 14.7 Å². The molecule has 1 aromatic rings. The predicted octanol–water partition coefficient (Wildman–Crippen LogP) is 0.541. The summed E-state index contributed by atoms with van der Waals surface area (Å²) in [6, 6.07) is 7.19. The lowest BCUT2D eigenvalue weighted by atomic mass is 10.1. The van der Waals surface area contributed by atoms with Crippen LogP contribution < -0.4 is 4.74 Å². The number of benzene rings is 1. The molecule has 0 aliphatic carbocycles. The van der Waals surface area contributed by atoms with E-state index in [-0.39, 0.29) is 11.8 Å². The van der Waals surface area contributed by atoms with Gasteiger partial charge < -0.3 is 14.5 Å². The third-order valence-corrected chi connectivity index (χ3v) is 3.83. The highest BCUT2D eigenvalue weighted by atomic mass is 16.5. The first-order valence-corrected chi connectivity index (χ1v) is 7.37. The zero-order valence-electron chi connectivity index (χ0n) is 13.4. The van der Waals surface area contributed by atoms with Crippen molar-refractivity contribution in [2.45, 2.75) is 0 Å². The van der Waals surface area contributed by atoms with Gasteiger partial charge in [-0.1, -0.05) is 6.07 Å². The van der Waals surface area contributed by atoms with Crippen molar-refractivity contribution in [3.63, 3.8) is 0 Å². The quantitative estimate of drug-likeness (QED) is 0.815. The molecular formula is C16H23N3O3. The molecule has 120 valence electrons. The van der Waals surface area contributed by atoms with E-state index in [2.05, 4.69) is 4.90 Å². The van der Waals surface area contributed by atoms with E-state index in [0.29, 0.717) is 30.9 Å². The van der Waals surface area contributed by atoms with Crippen LogP contribution in [-0.2, 0) is 4.79 Å². The van der Waals surface area contributed by atoms with Crippen LogP contribution in [0.5, 0.6) is 5.75 Å². The molecule has 1 aliphatic rings. The van der Waals surface area contributed by atoms with Crippen molar-refractivity contribution in [3.05, 3.63) is 29.8 Å². The molecule has 6 heteroatoms. The molecule has 1 saturated heterocycles. The van der Waals surface area contributed by atoms with Crippen LogP contribution >= 0.6 is 0 Å². The highest BCUT2D eigenvalue weighted by Gasteiger charge is 2.23. The second kappa shape index (κ2) is 7.26. The summed E-state index contributed by atoms with van der Waals surface area (Å²) in [6.45, 7) is 3.12. The molecule has 2 amide bonds. The number of carbonyl (C=O) groups excluding carboxylic acids is 2. The van der Waals surface area contributed by atoms with Gasteiger partial charge in [0.2, 0.25) is 5.91 Å². The maximum Gasteiger partial charge on any atom is 0.254 e. The number of likely N-dealkylation sites (N-methyl/N-ethyl adjacent to an activating group) is 1. The van der Waals surface area contributed by atoms with Gasteiger partial charge >= 0.3 is 0 Å². The third kappa shape index (κ3) is 3.98. The van der Waals surface area contributed by atoms with Gasteiger partial charge in [-0.3, -0.25) is 14.5 Å². The summed E-state index contributed by atoms with van der Waals surface area (Å²) in [6.07, 6.45) is 0. The first-order chi connectivity index (χ1) is 10.5. The number of carbonyl (C=O) groups is 2. The van der Waals surface area contributed by atoms with E-state index >= 15 is 0 Å². The van der Waals surface area contributed by atoms with E-state index in [4.69, 9.17) is 4.74 Å². The largest absolute Gasteiger partial charge is 0.497 e. The average molecular weight is 305 g/mol. The van der Waals surface area contributed by atoms with E-state index in [1.165, 1.54) is 0 Å². The van der Waals surface area contributed by atoms with E-state index in [0.717, 1.165) is 13.1 Å². The van der Waals surface area contributed by atoms with Crippen LogP contribution in [0.2, 0.25) is 0 Å². The standard InChI is InChI=1S/C16H23N3O3/c1-17(2)15(20)12-18-7-9-19(10-8-18)16(21)13-5-4-6-14(11-13)22-3/h4-6,11H,7-10,12H2,1-3H3. The van der Waals surface area contributed by atoms with Gasteiger partial charge in [0.1, 0.15) is 5.75 Å². The number of hydrogen-bond acceptors (Lipinski definition) is 4. The maximum absolute atomic E-state index is 12.5. The summed E-state index contributed by atoms with van der Waals surface area (Å²) in [7, 11) is 5.10. The molecule has 0 spiro atoms.